The molecule has 4 nitrogen and oxygen atoms in total. The molecule has 6 rings (SSSR count). The van der Waals surface area contributed by atoms with Crippen LogP contribution in [-0.2, 0) is 0 Å². The van der Waals surface area contributed by atoms with Crippen LogP contribution in [0, 0.1) is 0 Å². The van der Waals surface area contributed by atoms with Crippen molar-refractivity contribution in [2.45, 2.75) is 45.4 Å². The maximum Gasteiger partial charge on any atom is 0.137 e. The zero-order valence-corrected chi connectivity index (χ0v) is 19.7. The van der Waals surface area contributed by atoms with Crippen LogP contribution in [0.4, 0.5) is 11.6 Å². The van der Waals surface area contributed by atoms with Gasteiger partial charge in [0.15, 0.2) is 0 Å². The van der Waals surface area contributed by atoms with Gasteiger partial charge in [0, 0.05) is 42.5 Å². The molecule has 4 aromatic rings. The summed E-state index contributed by atoms with van der Waals surface area (Å²) in [6, 6.07) is 20.0. The summed E-state index contributed by atoms with van der Waals surface area (Å²) in [4.78, 5) is 15.2. The summed E-state index contributed by atoms with van der Waals surface area (Å²) in [5, 5.41) is 2.47. The van der Waals surface area contributed by atoms with E-state index in [4.69, 9.17) is 9.97 Å². The molecule has 4 heterocycles. The van der Waals surface area contributed by atoms with E-state index < -0.39 is 0 Å². The lowest BCUT2D eigenvalue weighted by Gasteiger charge is -2.22. The Morgan fingerprint density at radius 2 is 1.45 bits per heavy atom. The number of para-hydroxylation sites is 1. The first-order chi connectivity index (χ1) is 16.2. The van der Waals surface area contributed by atoms with Crippen LogP contribution in [0.5, 0.6) is 0 Å². The number of pyridine rings is 2. The topological polar surface area (TPSA) is 32.3 Å². The molecule has 2 aromatic heterocycles. The fraction of sp³-hybridized carbons (Fsp3) is 0.379. The molecular weight excluding hydrogens is 404 g/mol. The van der Waals surface area contributed by atoms with Gasteiger partial charge in [-0.05, 0) is 73.1 Å². The third kappa shape index (κ3) is 3.72. The Morgan fingerprint density at radius 3 is 2.21 bits per heavy atom. The van der Waals surface area contributed by atoms with E-state index in [1.165, 1.54) is 53.1 Å². The number of benzene rings is 2. The van der Waals surface area contributed by atoms with E-state index in [-0.39, 0.29) is 0 Å². The van der Waals surface area contributed by atoms with Crippen molar-refractivity contribution in [3.63, 3.8) is 0 Å². The predicted molar refractivity (Wildman–Crippen MR) is 139 cm³/mol. The highest BCUT2D eigenvalue weighted by atomic mass is 15.2. The lowest BCUT2D eigenvalue weighted by molar-refractivity contribution is 0.875. The average Bonchev–Trinajstić information content (AvgIpc) is 3.57. The fourth-order valence-corrected chi connectivity index (χ4v) is 5.50. The minimum absolute atomic E-state index is 0.426. The second-order valence-electron chi connectivity index (χ2n) is 9.90. The van der Waals surface area contributed by atoms with Crippen molar-refractivity contribution in [3.8, 4) is 11.1 Å². The fourth-order valence-electron chi connectivity index (χ4n) is 5.50. The molecule has 0 amide bonds. The smallest absolute Gasteiger partial charge is 0.137 e. The zero-order valence-electron chi connectivity index (χ0n) is 19.7. The Kier molecular flexibility index (Phi) is 5.17. The highest BCUT2D eigenvalue weighted by Gasteiger charge is 2.21. The van der Waals surface area contributed by atoms with Crippen LogP contribution in [0.1, 0.15) is 51.0 Å². The second kappa shape index (κ2) is 8.33. The first-order valence-electron chi connectivity index (χ1n) is 12.5. The van der Waals surface area contributed by atoms with Gasteiger partial charge in [0.1, 0.15) is 11.6 Å². The van der Waals surface area contributed by atoms with Crippen molar-refractivity contribution in [2.24, 2.45) is 0 Å². The number of nitrogens with zero attached hydrogens (tertiary/aromatic N) is 4. The summed E-state index contributed by atoms with van der Waals surface area (Å²) in [6.45, 7) is 8.96. The van der Waals surface area contributed by atoms with Crippen molar-refractivity contribution >= 4 is 33.4 Å². The van der Waals surface area contributed by atoms with Crippen molar-refractivity contribution in [3.05, 3.63) is 60.2 Å². The van der Waals surface area contributed by atoms with E-state index >= 15 is 0 Å². The zero-order chi connectivity index (χ0) is 22.4. The molecule has 2 saturated heterocycles. The van der Waals surface area contributed by atoms with Gasteiger partial charge in [0.2, 0.25) is 0 Å². The third-order valence-corrected chi connectivity index (χ3v) is 7.30. The molecule has 2 fully saturated rings. The van der Waals surface area contributed by atoms with E-state index in [2.05, 4.69) is 78.2 Å². The molecule has 0 atom stereocenters. The van der Waals surface area contributed by atoms with Crippen molar-refractivity contribution in [1.82, 2.24) is 9.97 Å². The Hall–Kier alpha value is -3.14. The minimum Gasteiger partial charge on any atom is -0.357 e. The van der Waals surface area contributed by atoms with Gasteiger partial charge >= 0.3 is 0 Å². The van der Waals surface area contributed by atoms with Crippen molar-refractivity contribution in [1.29, 1.82) is 0 Å². The molecule has 0 N–H and O–H groups in total. The molecule has 2 aliphatic heterocycles. The van der Waals surface area contributed by atoms with Crippen molar-refractivity contribution in [2.75, 3.05) is 36.0 Å². The third-order valence-electron chi connectivity index (χ3n) is 7.30. The van der Waals surface area contributed by atoms with E-state index in [1.807, 2.05) is 0 Å². The van der Waals surface area contributed by atoms with Crippen LogP contribution in [0.2, 0.25) is 0 Å². The quantitative estimate of drug-likeness (QED) is 0.353. The molecule has 0 spiro atoms. The van der Waals surface area contributed by atoms with Gasteiger partial charge in [-0.3, -0.25) is 0 Å². The van der Waals surface area contributed by atoms with E-state index in [1.54, 1.807) is 0 Å². The normalized spacial score (nSPS) is 16.6. The molecule has 0 unspecified atom stereocenters. The van der Waals surface area contributed by atoms with Gasteiger partial charge in [-0.25, -0.2) is 9.97 Å². The standard InChI is InChI=1S/C29H32N4/c1-20(2)24-18-22(19-27-23(24)11-12-28(30-27)32-13-5-6-14-32)25-17-21-9-3-4-10-26(21)31-29(25)33-15-7-8-16-33/h3-4,9-12,17-20H,5-8,13-16H2,1-2H3. The summed E-state index contributed by atoms with van der Waals surface area (Å²) >= 11 is 0. The molecule has 0 radical (unpaired) electrons. The first-order valence-corrected chi connectivity index (χ1v) is 12.5. The molecule has 2 aliphatic rings. The Morgan fingerprint density at radius 1 is 0.727 bits per heavy atom. The van der Waals surface area contributed by atoms with Crippen LogP contribution in [0.15, 0.2) is 54.6 Å². The molecule has 2 aromatic carbocycles. The number of hydrogen-bond donors (Lipinski definition) is 0. The van der Waals surface area contributed by atoms with Crippen LogP contribution in [0.3, 0.4) is 0 Å². The largest absolute Gasteiger partial charge is 0.357 e. The van der Waals surface area contributed by atoms with Gasteiger partial charge in [-0.1, -0.05) is 38.1 Å². The summed E-state index contributed by atoms with van der Waals surface area (Å²) in [7, 11) is 0. The van der Waals surface area contributed by atoms with Gasteiger partial charge in [0.05, 0.1) is 11.0 Å². The highest BCUT2D eigenvalue weighted by molar-refractivity contribution is 5.94. The van der Waals surface area contributed by atoms with Crippen molar-refractivity contribution < 1.29 is 0 Å². The Labute approximate surface area is 196 Å². The van der Waals surface area contributed by atoms with E-state index in [9.17, 15) is 0 Å². The van der Waals surface area contributed by atoms with E-state index in [0.29, 0.717) is 5.92 Å². The Bertz CT molecular complexity index is 1310. The summed E-state index contributed by atoms with van der Waals surface area (Å²) in [5.74, 6) is 2.66. The molecular formula is C29H32N4. The first kappa shape index (κ1) is 20.5. The van der Waals surface area contributed by atoms with Gasteiger partial charge in [0.25, 0.3) is 0 Å². The molecule has 0 bridgehead atoms. The van der Waals surface area contributed by atoms with Gasteiger partial charge < -0.3 is 9.80 Å². The Balaban J connectivity index is 1.57. The number of aromatic nitrogens is 2. The van der Waals surface area contributed by atoms with Crippen LogP contribution < -0.4 is 9.80 Å². The molecule has 33 heavy (non-hydrogen) atoms. The van der Waals surface area contributed by atoms with Crippen LogP contribution in [-0.4, -0.2) is 36.1 Å². The minimum atomic E-state index is 0.426. The number of hydrogen-bond acceptors (Lipinski definition) is 4. The lowest BCUT2D eigenvalue weighted by Crippen LogP contribution is -2.20. The second-order valence-corrected chi connectivity index (χ2v) is 9.90. The number of fused-ring (bicyclic) bond motifs is 2. The summed E-state index contributed by atoms with van der Waals surface area (Å²) < 4.78 is 0. The highest BCUT2D eigenvalue weighted by Crippen LogP contribution is 2.38. The molecule has 0 saturated carbocycles. The van der Waals surface area contributed by atoms with Crippen LogP contribution >= 0.6 is 0 Å². The maximum atomic E-state index is 5.17. The SMILES string of the molecule is CC(C)c1cc(-c2cc3ccccc3nc2N2CCCC2)cc2nc(N3CCCC3)ccc12. The maximum absolute atomic E-state index is 5.17. The number of rotatable bonds is 4. The number of anilines is 2. The average molecular weight is 437 g/mol. The van der Waals surface area contributed by atoms with Gasteiger partial charge in [-0.15, -0.1) is 0 Å². The molecule has 0 aliphatic carbocycles. The van der Waals surface area contributed by atoms with Crippen LogP contribution in [0.25, 0.3) is 32.9 Å². The summed E-state index contributed by atoms with van der Waals surface area (Å²) in [6.07, 6.45) is 5.01. The predicted octanol–water partition coefficient (Wildman–Crippen LogP) is 6.77. The monoisotopic (exact) mass is 436 g/mol. The molecule has 168 valence electrons. The summed E-state index contributed by atoms with van der Waals surface area (Å²) in [5.41, 5.74) is 6.00. The molecule has 4 heteroatoms. The van der Waals surface area contributed by atoms with E-state index in [0.717, 1.165) is 48.8 Å². The van der Waals surface area contributed by atoms with Gasteiger partial charge in [-0.2, -0.15) is 0 Å². The lowest BCUT2D eigenvalue weighted by atomic mass is 9.92.